The number of rotatable bonds is 3. The van der Waals surface area contributed by atoms with Gasteiger partial charge in [-0.2, -0.15) is 0 Å². The minimum absolute atomic E-state index is 0.00333. The predicted octanol–water partition coefficient (Wildman–Crippen LogP) is 0.385. The zero-order valence-corrected chi connectivity index (χ0v) is 6.50. The van der Waals surface area contributed by atoms with Crippen molar-refractivity contribution >= 4 is 17.3 Å². The van der Waals surface area contributed by atoms with Gasteiger partial charge in [0.1, 0.15) is 0 Å². The minimum Gasteiger partial charge on any atom is -0.481 e. The molecule has 0 atom stereocenters. The first-order chi connectivity index (χ1) is 5.20. The van der Waals surface area contributed by atoms with Gasteiger partial charge in [0, 0.05) is 18.1 Å². The number of carboxylic acid groups (broad SMARTS) is 1. The summed E-state index contributed by atoms with van der Waals surface area (Å²) >= 11 is 1.07. The van der Waals surface area contributed by atoms with Gasteiger partial charge in [-0.05, 0) is 0 Å². The van der Waals surface area contributed by atoms with Crippen LogP contribution in [0.15, 0.2) is 16.4 Å². The Kier molecular flexibility index (Phi) is 2.43. The first-order valence-electron chi connectivity index (χ1n) is 3.06. The van der Waals surface area contributed by atoms with E-state index in [4.69, 9.17) is 5.11 Å². The molecule has 11 heavy (non-hydrogen) atoms. The molecule has 0 aliphatic carbocycles. The van der Waals surface area contributed by atoms with Crippen LogP contribution in [0.2, 0.25) is 0 Å². The number of nitrogens with zero attached hydrogens (tertiary/aromatic N) is 1. The van der Waals surface area contributed by atoms with Crippen LogP contribution in [0.3, 0.4) is 0 Å². The monoisotopic (exact) mass is 173 g/mol. The molecule has 0 aromatic carbocycles. The number of hydrogen-bond donors (Lipinski definition) is 1. The van der Waals surface area contributed by atoms with E-state index in [1.54, 1.807) is 11.6 Å². The van der Waals surface area contributed by atoms with E-state index >= 15 is 0 Å². The van der Waals surface area contributed by atoms with E-state index < -0.39 is 5.97 Å². The van der Waals surface area contributed by atoms with Gasteiger partial charge in [0.05, 0.1) is 6.42 Å². The summed E-state index contributed by atoms with van der Waals surface area (Å²) in [6, 6.07) is 0. The first kappa shape index (κ1) is 8.00. The van der Waals surface area contributed by atoms with E-state index in [9.17, 15) is 9.59 Å². The standard InChI is InChI=1S/C6H7NO3S/c8-5(9)1-2-7-3-4-11-6(7)10/h3-4H,1-2H2,(H,8,9). The van der Waals surface area contributed by atoms with Gasteiger partial charge < -0.3 is 9.67 Å². The molecule has 0 bridgehead atoms. The van der Waals surface area contributed by atoms with E-state index in [0.29, 0.717) is 0 Å². The lowest BCUT2D eigenvalue weighted by molar-refractivity contribution is -0.137. The van der Waals surface area contributed by atoms with Gasteiger partial charge in [-0.25, -0.2) is 0 Å². The molecule has 0 spiro atoms. The molecule has 0 amide bonds. The summed E-state index contributed by atoms with van der Waals surface area (Å²) in [5.74, 6) is -0.886. The molecule has 4 nitrogen and oxygen atoms in total. The van der Waals surface area contributed by atoms with E-state index in [-0.39, 0.29) is 17.8 Å². The molecule has 60 valence electrons. The first-order valence-corrected chi connectivity index (χ1v) is 3.94. The second-order valence-electron chi connectivity index (χ2n) is 2.01. The molecule has 0 aliphatic rings. The van der Waals surface area contributed by atoms with Gasteiger partial charge in [-0.1, -0.05) is 11.3 Å². The smallest absolute Gasteiger partial charge is 0.307 e. The largest absolute Gasteiger partial charge is 0.481 e. The zero-order chi connectivity index (χ0) is 8.27. The van der Waals surface area contributed by atoms with E-state index in [0.717, 1.165) is 11.3 Å². The van der Waals surface area contributed by atoms with Crippen LogP contribution >= 0.6 is 11.3 Å². The topological polar surface area (TPSA) is 59.3 Å². The minimum atomic E-state index is -0.886. The van der Waals surface area contributed by atoms with Crippen molar-refractivity contribution in [3.8, 4) is 0 Å². The summed E-state index contributed by atoms with van der Waals surface area (Å²) < 4.78 is 1.39. The molecule has 1 aromatic heterocycles. The average molecular weight is 173 g/mol. The fourth-order valence-corrected chi connectivity index (χ4v) is 1.28. The van der Waals surface area contributed by atoms with Gasteiger partial charge in [0.25, 0.3) is 0 Å². The number of hydrogen-bond acceptors (Lipinski definition) is 3. The predicted molar refractivity (Wildman–Crippen MR) is 40.8 cm³/mol. The summed E-state index contributed by atoms with van der Waals surface area (Å²) in [4.78, 5) is 20.8. The molecule has 5 heteroatoms. The Balaban J connectivity index is 2.58. The van der Waals surface area contributed by atoms with Crippen LogP contribution in [-0.2, 0) is 11.3 Å². The highest BCUT2D eigenvalue weighted by Crippen LogP contribution is 1.91. The number of carboxylic acids is 1. The number of carbonyl (C=O) groups is 1. The lowest BCUT2D eigenvalue weighted by Gasteiger charge is -1.94. The number of aromatic nitrogens is 1. The van der Waals surface area contributed by atoms with Crippen molar-refractivity contribution in [3.05, 3.63) is 21.2 Å². The zero-order valence-electron chi connectivity index (χ0n) is 5.69. The number of aliphatic carboxylic acids is 1. The van der Waals surface area contributed by atoms with Crippen molar-refractivity contribution in [1.29, 1.82) is 0 Å². The highest BCUT2D eigenvalue weighted by molar-refractivity contribution is 7.07. The van der Waals surface area contributed by atoms with Gasteiger partial charge in [-0.3, -0.25) is 9.59 Å². The average Bonchev–Trinajstić information content (AvgIpc) is 2.31. The highest BCUT2D eigenvalue weighted by Gasteiger charge is 1.99. The summed E-state index contributed by atoms with van der Waals surface area (Å²) in [5, 5.41) is 9.93. The summed E-state index contributed by atoms with van der Waals surface area (Å²) in [5.41, 5.74) is 0. The van der Waals surface area contributed by atoms with Crippen molar-refractivity contribution < 1.29 is 9.90 Å². The van der Waals surface area contributed by atoms with Crippen molar-refractivity contribution in [3.63, 3.8) is 0 Å². The third kappa shape index (κ3) is 2.19. The second kappa shape index (κ2) is 3.34. The van der Waals surface area contributed by atoms with E-state index in [1.165, 1.54) is 4.57 Å². The molecule has 0 saturated heterocycles. The van der Waals surface area contributed by atoms with Crippen LogP contribution in [0.1, 0.15) is 6.42 Å². The van der Waals surface area contributed by atoms with Gasteiger partial charge in [0.15, 0.2) is 0 Å². The second-order valence-corrected chi connectivity index (χ2v) is 2.86. The fourth-order valence-electron chi connectivity index (χ4n) is 0.673. The van der Waals surface area contributed by atoms with Crippen molar-refractivity contribution in [2.75, 3.05) is 0 Å². The molecule has 0 unspecified atom stereocenters. The van der Waals surface area contributed by atoms with Crippen LogP contribution in [-0.4, -0.2) is 15.6 Å². The van der Waals surface area contributed by atoms with Crippen LogP contribution in [0, 0.1) is 0 Å². The molecule has 1 aromatic rings. The molecular formula is C6H7NO3S. The molecule has 0 aliphatic heterocycles. The highest BCUT2D eigenvalue weighted by atomic mass is 32.1. The van der Waals surface area contributed by atoms with E-state index in [1.807, 2.05) is 0 Å². The Morgan fingerprint density at radius 3 is 2.91 bits per heavy atom. The Morgan fingerprint density at radius 1 is 1.73 bits per heavy atom. The van der Waals surface area contributed by atoms with Crippen molar-refractivity contribution in [2.45, 2.75) is 13.0 Å². The molecule has 0 radical (unpaired) electrons. The summed E-state index contributed by atoms with van der Waals surface area (Å²) in [7, 11) is 0. The van der Waals surface area contributed by atoms with Crippen LogP contribution < -0.4 is 4.87 Å². The third-order valence-electron chi connectivity index (χ3n) is 1.21. The number of thiazole rings is 1. The Morgan fingerprint density at radius 2 is 2.45 bits per heavy atom. The molecular weight excluding hydrogens is 166 g/mol. The maximum absolute atomic E-state index is 10.8. The van der Waals surface area contributed by atoms with Crippen LogP contribution in [0.5, 0.6) is 0 Å². The van der Waals surface area contributed by atoms with Crippen LogP contribution in [0.25, 0.3) is 0 Å². The normalized spacial score (nSPS) is 9.82. The summed E-state index contributed by atoms with van der Waals surface area (Å²) in [6.45, 7) is 0.262. The lowest BCUT2D eigenvalue weighted by Crippen LogP contribution is -2.14. The van der Waals surface area contributed by atoms with E-state index in [2.05, 4.69) is 0 Å². The Labute approximate surface area is 66.7 Å². The maximum Gasteiger partial charge on any atom is 0.307 e. The molecule has 0 fully saturated rings. The van der Waals surface area contributed by atoms with Crippen molar-refractivity contribution in [1.82, 2.24) is 4.57 Å². The molecule has 0 saturated carbocycles. The van der Waals surface area contributed by atoms with Crippen LogP contribution in [0.4, 0.5) is 0 Å². The van der Waals surface area contributed by atoms with Gasteiger partial charge in [-0.15, -0.1) is 0 Å². The van der Waals surface area contributed by atoms with Crippen molar-refractivity contribution in [2.24, 2.45) is 0 Å². The Hall–Kier alpha value is -1.10. The van der Waals surface area contributed by atoms with Gasteiger partial charge >= 0.3 is 10.8 Å². The summed E-state index contributed by atoms with van der Waals surface area (Å²) in [6.07, 6.45) is 1.59. The fraction of sp³-hybridized carbons (Fsp3) is 0.333. The maximum atomic E-state index is 10.8. The lowest BCUT2D eigenvalue weighted by atomic mass is 10.4. The SMILES string of the molecule is O=C(O)CCn1ccsc1=O. The quantitative estimate of drug-likeness (QED) is 0.719. The number of aryl methyl sites for hydroxylation is 1. The molecule has 1 heterocycles. The molecule has 1 rings (SSSR count). The third-order valence-corrected chi connectivity index (χ3v) is 1.90. The Bertz CT molecular complexity index is 301. The molecule has 1 N–H and O–H groups in total. The van der Waals surface area contributed by atoms with Gasteiger partial charge in [0.2, 0.25) is 0 Å².